The number of fused-ring (bicyclic) bond motifs is 3. The SMILES string of the molecule is COc1cc2c(cc1NS(=O)(=O)c1ccc(OC)c([N+](=O)[O-])c1)oc1ccccc12. The highest BCUT2D eigenvalue weighted by molar-refractivity contribution is 7.92. The van der Waals surface area contributed by atoms with Gasteiger partial charge in [0, 0.05) is 22.9 Å². The molecule has 1 heterocycles. The third-order valence-corrected chi connectivity index (χ3v) is 5.96. The molecule has 0 aliphatic heterocycles. The molecule has 0 spiro atoms. The predicted molar refractivity (Wildman–Crippen MR) is 111 cm³/mol. The zero-order valence-corrected chi connectivity index (χ0v) is 16.7. The van der Waals surface area contributed by atoms with Crippen LogP contribution < -0.4 is 14.2 Å². The summed E-state index contributed by atoms with van der Waals surface area (Å²) in [5.74, 6) is 0.237. The second kappa shape index (κ2) is 7.23. The molecular weight excluding hydrogens is 412 g/mol. The van der Waals surface area contributed by atoms with Crippen molar-refractivity contribution in [2.45, 2.75) is 4.90 Å². The van der Waals surface area contributed by atoms with Gasteiger partial charge in [-0.3, -0.25) is 14.8 Å². The minimum atomic E-state index is -4.16. The molecule has 4 aromatic rings. The van der Waals surface area contributed by atoms with E-state index in [0.29, 0.717) is 11.2 Å². The molecule has 0 fully saturated rings. The molecule has 30 heavy (non-hydrogen) atoms. The Morgan fingerprint density at radius 2 is 1.67 bits per heavy atom. The molecular formula is C20H16N2O7S. The summed E-state index contributed by atoms with van der Waals surface area (Å²) < 4.78 is 44.3. The van der Waals surface area contributed by atoms with E-state index in [0.717, 1.165) is 16.8 Å². The molecule has 0 bridgehead atoms. The van der Waals surface area contributed by atoms with Crippen molar-refractivity contribution < 1.29 is 27.2 Å². The van der Waals surface area contributed by atoms with E-state index in [2.05, 4.69) is 4.72 Å². The molecule has 0 unspecified atom stereocenters. The molecule has 1 N–H and O–H groups in total. The number of nitro benzene ring substituents is 1. The fourth-order valence-electron chi connectivity index (χ4n) is 3.18. The van der Waals surface area contributed by atoms with Crippen LogP contribution in [0.15, 0.2) is 63.9 Å². The first kappa shape index (κ1) is 19.5. The zero-order valence-electron chi connectivity index (χ0n) is 15.9. The van der Waals surface area contributed by atoms with Gasteiger partial charge in [0.25, 0.3) is 10.0 Å². The second-order valence-electron chi connectivity index (χ2n) is 6.34. The Balaban J connectivity index is 1.80. The highest BCUT2D eigenvalue weighted by Gasteiger charge is 2.24. The van der Waals surface area contributed by atoms with Gasteiger partial charge in [-0.25, -0.2) is 8.42 Å². The Morgan fingerprint density at radius 3 is 2.37 bits per heavy atom. The van der Waals surface area contributed by atoms with E-state index in [4.69, 9.17) is 13.9 Å². The summed E-state index contributed by atoms with van der Waals surface area (Å²) >= 11 is 0. The van der Waals surface area contributed by atoms with Crippen molar-refractivity contribution in [3.63, 3.8) is 0 Å². The van der Waals surface area contributed by atoms with Gasteiger partial charge in [0.15, 0.2) is 5.75 Å². The zero-order chi connectivity index (χ0) is 21.5. The van der Waals surface area contributed by atoms with Crippen LogP contribution in [0.1, 0.15) is 0 Å². The summed E-state index contributed by atoms with van der Waals surface area (Å²) in [6.45, 7) is 0. The van der Waals surface area contributed by atoms with Gasteiger partial charge < -0.3 is 13.9 Å². The molecule has 10 heteroatoms. The summed E-state index contributed by atoms with van der Waals surface area (Å²) in [6, 6.07) is 14.0. The van der Waals surface area contributed by atoms with E-state index in [1.165, 1.54) is 32.4 Å². The minimum absolute atomic E-state index is 0.0415. The van der Waals surface area contributed by atoms with Gasteiger partial charge in [-0.05, 0) is 24.3 Å². The van der Waals surface area contributed by atoms with Gasteiger partial charge in [-0.2, -0.15) is 0 Å². The lowest BCUT2D eigenvalue weighted by Gasteiger charge is -2.12. The molecule has 0 saturated heterocycles. The predicted octanol–water partition coefficient (Wildman–Crippen LogP) is 4.31. The number of anilines is 1. The summed E-state index contributed by atoms with van der Waals surface area (Å²) in [7, 11) is -1.48. The number of nitrogens with one attached hydrogen (secondary N) is 1. The Labute approximate surface area is 171 Å². The highest BCUT2D eigenvalue weighted by Crippen LogP contribution is 2.37. The van der Waals surface area contributed by atoms with Crippen LogP contribution in [-0.4, -0.2) is 27.6 Å². The topological polar surface area (TPSA) is 121 Å². The normalized spacial score (nSPS) is 11.5. The number of nitrogens with zero attached hydrogens (tertiary/aromatic N) is 1. The first-order chi connectivity index (χ1) is 14.3. The third-order valence-electron chi connectivity index (χ3n) is 4.60. The van der Waals surface area contributed by atoms with Gasteiger partial charge in [0.1, 0.15) is 16.9 Å². The standard InChI is InChI=1S/C20H16N2O7S/c1-27-18-8-7-12(9-16(18)22(23)24)30(25,26)21-15-11-19-14(10-20(15)28-2)13-5-3-4-6-17(13)29-19/h3-11,21H,1-2H3. The number of rotatable bonds is 6. The van der Waals surface area contributed by atoms with Gasteiger partial charge in [-0.15, -0.1) is 0 Å². The van der Waals surface area contributed by atoms with Crippen LogP contribution in [0.5, 0.6) is 11.5 Å². The number of methoxy groups -OCH3 is 2. The molecule has 9 nitrogen and oxygen atoms in total. The Morgan fingerprint density at radius 1 is 0.933 bits per heavy atom. The quantitative estimate of drug-likeness (QED) is 0.359. The lowest BCUT2D eigenvalue weighted by atomic mass is 10.1. The van der Waals surface area contributed by atoms with Crippen LogP contribution in [-0.2, 0) is 10.0 Å². The number of benzene rings is 3. The Bertz CT molecular complexity index is 1390. The first-order valence-corrected chi connectivity index (χ1v) is 10.2. The summed E-state index contributed by atoms with van der Waals surface area (Å²) in [4.78, 5) is 10.2. The molecule has 0 amide bonds. The van der Waals surface area contributed by atoms with E-state index in [1.807, 2.05) is 24.3 Å². The maximum atomic E-state index is 12.9. The molecule has 4 rings (SSSR count). The third kappa shape index (κ3) is 3.26. The lowest BCUT2D eigenvalue weighted by Crippen LogP contribution is -2.14. The molecule has 0 aliphatic carbocycles. The second-order valence-corrected chi connectivity index (χ2v) is 8.03. The maximum absolute atomic E-state index is 12.9. The van der Waals surface area contributed by atoms with Crippen molar-refractivity contribution in [3.05, 3.63) is 64.7 Å². The van der Waals surface area contributed by atoms with Crippen LogP contribution in [0.4, 0.5) is 11.4 Å². The summed E-state index contributed by atoms with van der Waals surface area (Å²) in [5.41, 5.74) is 0.804. The van der Waals surface area contributed by atoms with Gasteiger partial charge in [0.05, 0.1) is 29.7 Å². The molecule has 3 aromatic carbocycles. The summed E-state index contributed by atoms with van der Waals surface area (Å²) in [6.07, 6.45) is 0. The molecule has 1 aromatic heterocycles. The van der Waals surface area contributed by atoms with E-state index < -0.39 is 20.6 Å². The Kier molecular flexibility index (Phi) is 4.70. The average Bonchev–Trinajstić information content (AvgIpc) is 3.09. The number of hydrogen-bond acceptors (Lipinski definition) is 7. The molecule has 0 atom stereocenters. The fraction of sp³-hybridized carbons (Fsp3) is 0.100. The fourth-order valence-corrected chi connectivity index (χ4v) is 4.26. The van der Waals surface area contributed by atoms with Crippen LogP contribution in [0.25, 0.3) is 21.9 Å². The van der Waals surface area contributed by atoms with E-state index in [-0.39, 0.29) is 22.1 Å². The van der Waals surface area contributed by atoms with Crippen LogP contribution in [0, 0.1) is 10.1 Å². The summed E-state index contributed by atoms with van der Waals surface area (Å²) in [5, 5.41) is 12.9. The van der Waals surface area contributed by atoms with Crippen molar-refractivity contribution in [2.24, 2.45) is 0 Å². The number of nitro groups is 1. The molecule has 154 valence electrons. The van der Waals surface area contributed by atoms with Crippen LogP contribution >= 0.6 is 0 Å². The van der Waals surface area contributed by atoms with Crippen molar-refractivity contribution in [2.75, 3.05) is 18.9 Å². The Hall–Kier alpha value is -3.79. The molecule has 0 radical (unpaired) electrons. The molecule has 0 saturated carbocycles. The largest absolute Gasteiger partial charge is 0.495 e. The maximum Gasteiger partial charge on any atom is 0.312 e. The first-order valence-electron chi connectivity index (χ1n) is 8.68. The van der Waals surface area contributed by atoms with Crippen molar-refractivity contribution in [3.8, 4) is 11.5 Å². The van der Waals surface area contributed by atoms with Crippen LogP contribution in [0.3, 0.4) is 0 Å². The number of sulfonamides is 1. The van der Waals surface area contributed by atoms with Gasteiger partial charge in [0.2, 0.25) is 0 Å². The number of furan rings is 1. The monoisotopic (exact) mass is 428 g/mol. The van der Waals surface area contributed by atoms with E-state index >= 15 is 0 Å². The van der Waals surface area contributed by atoms with Gasteiger partial charge >= 0.3 is 5.69 Å². The highest BCUT2D eigenvalue weighted by atomic mass is 32.2. The number of ether oxygens (including phenoxy) is 2. The van der Waals surface area contributed by atoms with Crippen molar-refractivity contribution in [1.29, 1.82) is 0 Å². The van der Waals surface area contributed by atoms with Crippen LogP contribution in [0.2, 0.25) is 0 Å². The minimum Gasteiger partial charge on any atom is -0.495 e. The molecule has 0 aliphatic rings. The lowest BCUT2D eigenvalue weighted by molar-refractivity contribution is -0.386. The number of hydrogen-bond donors (Lipinski definition) is 1. The van der Waals surface area contributed by atoms with E-state index in [9.17, 15) is 18.5 Å². The van der Waals surface area contributed by atoms with Crippen molar-refractivity contribution >= 4 is 43.3 Å². The smallest absolute Gasteiger partial charge is 0.312 e. The number of para-hydroxylation sites is 1. The van der Waals surface area contributed by atoms with E-state index in [1.54, 1.807) is 6.07 Å². The van der Waals surface area contributed by atoms with Crippen molar-refractivity contribution in [1.82, 2.24) is 0 Å². The van der Waals surface area contributed by atoms with Gasteiger partial charge in [-0.1, -0.05) is 18.2 Å². The average molecular weight is 428 g/mol.